The number of nitrogens with zero attached hydrogens (tertiary/aromatic N) is 3. The van der Waals surface area contributed by atoms with Crippen LogP contribution in [0.25, 0.3) is 16.9 Å². The predicted molar refractivity (Wildman–Crippen MR) is 75.0 cm³/mol. The molecule has 3 rings (SSSR count). The third kappa shape index (κ3) is 2.13. The quantitative estimate of drug-likeness (QED) is 0.723. The Morgan fingerprint density at radius 2 is 1.79 bits per heavy atom. The molecular formula is C13H9Cl2N3O. The van der Waals surface area contributed by atoms with Crippen LogP contribution in [0.5, 0.6) is 5.88 Å². The Balaban J connectivity index is 2.25. The van der Waals surface area contributed by atoms with Crippen LogP contribution in [0.15, 0.2) is 36.4 Å². The Morgan fingerprint density at radius 3 is 2.47 bits per heavy atom. The maximum atomic E-state index is 5.89. The SMILES string of the molecule is COc1c(-c2ccc(Cl)cc2)nc2ccc(Cl)nn12. The normalized spacial score (nSPS) is 10.9. The van der Waals surface area contributed by atoms with E-state index in [9.17, 15) is 0 Å². The number of imidazole rings is 1. The highest BCUT2D eigenvalue weighted by Gasteiger charge is 2.15. The van der Waals surface area contributed by atoms with Gasteiger partial charge in [0.2, 0.25) is 5.88 Å². The topological polar surface area (TPSA) is 39.4 Å². The molecule has 1 aromatic carbocycles. The summed E-state index contributed by atoms with van der Waals surface area (Å²) < 4.78 is 6.96. The maximum absolute atomic E-state index is 5.89. The van der Waals surface area contributed by atoms with Crippen molar-refractivity contribution < 1.29 is 4.74 Å². The maximum Gasteiger partial charge on any atom is 0.243 e. The third-order valence-corrected chi connectivity index (χ3v) is 3.17. The van der Waals surface area contributed by atoms with Crippen molar-refractivity contribution in [2.24, 2.45) is 0 Å². The molecule has 2 heterocycles. The van der Waals surface area contributed by atoms with Gasteiger partial charge in [-0.05, 0) is 24.3 Å². The van der Waals surface area contributed by atoms with E-state index in [1.54, 1.807) is 35.9 Å². The fourth-order valence-electron chi connectivity index (χ4n) is 1.87. The minimum atomic E-state index is 0.380. The van der Waals surface area contributed by atoms with Gasteiger partial charge in [0.1, 0.15) is 10.8 Å². The first-order valence-corrected chi connectivity index (χ1v) is 6.30. The number of hydrogen-bond acceptors (Lipinski definition) is 3. The summed E-state index contributed by atoms with van der Waals surface area (Å²) in [5, 5.41) is 5.23. The van der Waals surface area contributed by atoms with Gasteiger partial charge < -0.3 is 4.74 Å². The Labute approximate surface area is 119 Å². The number of methoxy groups -OCH3 is 1. The van der Waals surface area contributed by atoms with Gasteiger partial charge in [0.05, 0.1) is 7.11 Å². The van der Waals surface area contributed by atoms with Crippen LogP contribution in [0, 0.1) is 0 Å². The molecule has 3 aromatic rings. The van der Waals surface area contributed by atoms with Crippen molar-refractivity contribution in [2.75, 3.05) is 7.11 Å². The molecule has 0 spiro atoms. The smallest absolute Gasteiger partial charge is 0.243 e. The molecule has 0 aliphatic heterocycles. The second-order valence-electron chi connectivity index (χ2n) is 3.90. The lowest BCUT2D eigenvalue weighted by Gasteiger charge is -2.02. The molecule has 0 amide bonds. The number of ether oxygens (including phenoxy) is 1. The average molecular weight is 294 g/mol. The third-order valence-electron chi connectivity index (χ3n) is 2.71. The summed E-state index contributed by atoms with van der Waals surface area (Å²) in [6, 6.07) is 10.9. The van der Waals surface area contributed by atoms with Gasteiger partial charge in [-0.1, -0.05) is 35.3 Å². The lowest BCUT2D eigenvalue weighted by Crippen LogP contribution is -1.95. The highest BCUT2D eigenvalue weighted by atomic mass is 35.5. The van der Waals surface area contributed by atoms with E-state index in [0.717, 1.165) is 5.56 Å². The fraction of sp³-hybridized carbons (Fsp3) is 0.0769. The van der Waals surface area contributed by atoms with E-state index < -0.39 is 0 Å². The molecule has 6 heteroatoms. The van der Waals surface area contributed by atoms with Crippen LogP contribution >= 0.6 is 23.2 Å². The molecule has 0 aliphatic carbocycles. The zero-order chi connectivity index (χ0) is 13.4. The summed E-state index contributed by atoms with van der Waals surface area (Å²) in [7, 11) is 1.57. The van der Waals surface area contributed by atoms with Gasteiger partial charge in [-0.2, -0.15) is 9.61 Å². The lowest BCUT2D eigenvalue weighted by molar-refractivity contribution is 0.389. The number of benzene rings is 1. The number of halogens is 2. The lowest BCUT2D eigenvalue weighted by atomic mass is 10.2. The van der Waals surface area contributed by atoms with Crippen LogP contribution in [0.4, 0.5) is 0 Å². The number of rotatable bonds is 2. The van der Waals surface area contributed by atoms with Gasteiger partial charge in [-0.3, -0.25) is 0 Å². The standard InChI is InChI=1S/C13H9Cl2N3O/c1-19-13-12(8-2-4-9(14)5-3-8)16-11-7-6-10(15)17-18(11)13/h2-7H,1H3. The van der Waals surface area contributed by atoms with Crippen molar-refractivity contribution in [3.63, 3.8) is 0 Å². The summed E-state index contributed by atoms with van der Waals surface area (Å²) in [6.07, 6.45) is 0. The number of aromatic nitrogens is 3. The van der Waals surface area contributed by atoms with Gasteiger partial charge in [0, 0.05) is 10.6 Å². The Kier molecular flexibility index (Phi) is 3.05. The molecule has 19 heavy (non-hydrogen) atoms. The molecule has 0 aliphatic rings. The summed E-state index contributed by atoms with van der Waals surface area (Å²) in [6.45, 7) is 0. The van der Waals surface area contributed by atoms with Gasteiger partial charge in [-0.25, -0.2) is 4.98 Å². The van der Waals surface area contributed by atoms with Gasteiger partial charge >= 0.3 is 0 Å². The van der Waals surface area contributed by atoms with Gasteiger partial charge in [-0.15, -0.1) is 0 Å². The summed E-state index contributed by atoms with van der Waals surface area (Å²) >= 11 is 11.8. The van der Waals surface area contributed by atoms with Gasteiger partial charge in [0.15, 0.2) is 5.65 Å². The molecule has 0 radical (unpaired) electrons. The molecule has 0 bridgehead atoms. The van der Waals surface area contributed by atoms with E-state index in [1.807, 2.05) is 12.1 Å². The number of fused-ring (bicyclic) bond motifs is 1. The van der Waals surface area contributed by atoms with Crippen LogP contribution in [0.3, 0.4) is 0 Å². The van der Waals surface area contributed by atoms with E-state index in [-0.39, 0.29) is 0 Å². The fourth-order valence-corrected chi connectivity index (χ4v) is 2.13. The Hall–Kier alpha value is -1.78. The largest absolute Gasteiger partial charge is 0.479 e. The van der Waals surface area contributed by atoms with E-state index >= 15 is 0 Å². The zero-order valence-electron chi connectivity index (χ0n) is 9.97. The minimum Gasteiger partial charge on any atom is -0.479 e. The van der Waals surface area contributed by atoms with Crippen molar-refractivity contribution in [3.8, 4) is 17.1 Å². The van der Waals surface area contributed by atoms with Crippen LogP contribution in [0.1, 0.15) is 0 Å². The summed E-state index contributed by atoms with van der Waals surface area (Å²) in [4.78, 5) is 4.50. The highest BCUT2D eigenvalue weighted by molar-refractivity contribution is 6.30. The van der Waals surface area contributed by atoms with E-state index in [0.29, 0.717) is 27.4 Å². The van der Waals surface area contributed by atoms with Crippen molar-refractivity contribution in [2.45, 2.75) is 0 Å². The van der Waals surface area contributed by atoms with E-state index in [2.05, 4.69) is 10.1 Å². The second kappa shape index (κ2) is 4.72. The molecule has 0 N–H and O–H groups in total. The molecule has 2 aromatic heterocycles. The highest BCUT2D eigenvalue weighted by Crippen LogP contribution is 2.30. The minimum absolute atomic E-state index is 0.380. The molecule has 0 fully saturated rings. The van der Waals surface area contributed by atoms with Crippen LogP contribution < -0.4 is 4.74 Å². The Bertz CT molecular complexity index is 737. The van der Waals surface area contributed by atoms with E-state index in [1.165, 1.54) is 0 Å². The van der Waals surface area contributed by atoms with Crippen LogP contribution in [-0.4, -0.2) is 21.7 Å². The second-order valence-corrected chi connectivity index (χ2v) is 4.73. The Morgan fingerprint density at radius 1 is 1.05 bits per heavy atom. The van der Waals surface area contributed by atoms with Crippen LogP contribution in [-0.2, 0) is 0 Å². The first-order valence-electron chi connectivity index (χ1n) is 5.54. The summed E-state index contributed by atoms with van der Waals surface area (Å²) in [5.41, 5.74) is 2.28. The van der Waals surface area contributed by atoms with E-state index in [4.69, 9.17) is 27.9 Å². The van der Waals surface area contributed by atoms with Crippen molar-refractivity contribution in [1.29, 1.82) is 0 Å². The molecular weight excluding hydrogens is 285 g/mol. The average Bonchev–Trinajstić information content (AvgIpc) is 2.77. The van der Waals surface area contributed by atoms with Crippen LogP contribution in [0.2, 0.25) is 10.2 Å². The molecule has 96 valence electrons. The first kappa shape index (κ1) is 12.3. The van der Waals surface area contributed by atoms with Gasteiger partial charge in [0.25, 0.3) is 0 Å². The molecule has 0 saturated heterocycles. The number of hydrogen-bond donors (Lipinski definition) is 0. The monoisotopic (exact) mass is 293 g/mol. The van der Waals surface area contributed by atoms with Crippen molar-refractivity contribution in [1.82, 2.24) is 14.6 Å². The van der Waals surface area contributed by atoms with Crippen molar-refractivity contribution >= 4 is 28.8 Å². The zero-order valence-corrected chi connectivity index (χ0v) is 11.5. The predicted octanol–water partition coefficient (Wildman–Crippen LogP) is 3.71. The molecule has 0 saturated carbocycles. The molecule has 0 atom stereocenters. The summed E-state index contributed by atoms with van der Waals surface area (Å²) in [5.74, 6) is 0.542. The first-order chi connectivity index (χ1) is 9.19. The van der Waals surface area contributed by atoms with Crippen molar-refractivity contribution in [3.05, 3.63) is 46.6 Å². The molecule has 0 unspecified atom stereocenters. The molecule has 4 nitrogen and oxygen atoms in total.